The van der Waals surface area contributed by atoms with Crippen LogP contribution in [0.25, 0.3) is 0 Å². The maximum absolute atomic E-state index is 13.7. The number of methoxy groups -OCH3 is 1. The van der Waals surface area contributed by atoms with Crippen molar-refractivity contribution in [1.29, 1.82) is 0 Å². The molecule has 0 bridgehead atoms. The smallest absolute Gasteiger partial charge is 0.225 e. The maximum atomic E-state index is 13.7. The average molecular weight is 344 g/mol. The van der Waals surface area contributed by atoms with Crippen LogP contribution in [-0.2, 0) is 16.1 Å². The number of amides is 1. The van der Waals surface area contributed by atoms with Gasteiger partial charge in [-0.15, -0.1) is 0 Å². The predicted octanol–water partition coefficient (Wildman–Crippen LogP) is 1.63. The Kier molecular flexibility index (Phi) is 5.55. The number of carbonyl (C=O) groups excluding carboxylic acids is 1. The first-order valence-corrected chi connectivity index (χ1v) is 8.20. The highest BCUT2D eigenvalue weighted by molar-refractivity contribution is 5.80. The third kappa shape index (κ3) is 4.11. The number of carbonyl (C=O) groups is 1. The molecule has 0 radical (unpaired) electrons. The minimum Gasteiger partial charge on any atom is -0.384 e. The van der Waals surface area contributed by atoms with Crippen molar-refractivity contribution in [3.05, 3.63) is 54.2 Å². The summed E-state index contributed by atoms with van der Waals surface area (Å²) in [7, 11) is 1.62. The molecule has 0 spiro atoms. The molecule has 3 rings (SSSR count). The molecular formula is C18H21FN4O2. The number of nitrogens with zero attached hydrogens (tertiary/aromatic N) is 3. The summed E-state index contributed by atoms with van der Waals surface area (Å²) in [6.07, 6.45) is 4.93. The lowest BCUT2D eigenvalue weighted by Crippen LogP contribution is -2.36. The van der Waals surface area contributed by atoms with Crippen molar-refractivity contribution in [2.24, 2.45) is 11.8 Å². The second-order valence-corrected chi connectivity index (χ2v) is 6.10. The minimum absolute atomic E-state index is 0.0487. The van der Waals surface area contributed by atoms with Crippen molar-refractivity contribution in [2.45, 2.75) is 6.54 Å². The van der Waals surface area contributed by atoms with Crippen LogP contribution in [0.3, 0.4) is 0 Å². The molecule has 0 saturated carbocycles. The summed E-state index contributed by atoms with van der Waals surface area (Å²) in [5.41, 5.74) is 0.475. The van der Waals surface area contributed by atoms with Crippen LogP contribution in [-0.4, -0.2) is 42.7 Å². The number of nitrogens with one attached hydrogen (secondary N) is 1. The zero-order valence-electron chi connectivity index (χ0n) is 14.1. The summed E-state index contributed by atoms with van der Waals surface area (Å²) in [4.78, 5) is 23.0. The zero-order chi connectivity index (χ0) is 17.6. The molecule has 1 aliphatic heterocycles. The Morgan fingerprint density at radius 2 is 2.20 bits per heavy atom. The van der Waals surface area contributed by atoms with Crippen molar-refractivity contribution in [1.82, 2.24) is 15.3 Å². The second-order valence-electron chi connectivity index (χ2n) is 6.10. The van der Waals surface area contributed by atoms with Gasteiger partial charge in [-0.1, -0.05) is 18.2 Å². The van der Waals surface area contributed by atoms with Gasteiger partial charge in [0.15, 0.2) is 0 Å². The quantitative estimate of drug-likeness (QED) is 0.863. The maximum Gasteiger partial charge on any atom is 0.225 e. The Morgan fingerprint density at radius 1 is 1.36 bits per heavy atom. The highest BCUT2D eigenvalue weighted by Gasteiger charge is 2.38. The van der Waals surface area contributed by atoms with Gasteiger partial charge in [-0.25, -0.2) is 9.37 Å². The monoisotopic (exact) mass is 344 g/mol. The van der Waals surface area contributed by atoms with Crippen LogP contribution in [0.15, 0.2) is 42.9 Å². The van der Waals surface area contributed by atoms with Gasteiger partial charge >= 0.3 is 0 Å². The summed E-state index contributed by atoms with van der Waals surface area (Å²) in [5.74, 6) is 0.134. The number of aromatic nitrogens is 2. The molecule has 7 heteroatoms. The van der Waals surface area contributed by atoms with E-state index in [1.165, 1.54) is 6.07 Å². The lowest BCUT2D eigenvalue weighted by molar-refractivity contribution is -0.126. The molecule has 0 unspecified atom stereocenters. The van der Waals surface area contributed by atoms with Crippen molar-refractivity contribution in [3.8, 4) is 0 Å². The van der Waals surface area contributed by atoms with Gasteiger partial charge in [-0.2, -0.15) is 0 Å². The van der Waals surface area contributed by atoms with Crippen molar-refractivity contribution in [3.63, 3.8) is 0 Å². The fraction of sp³-hybridized carbons (Fsp3) is 0.389. The Balaban J connectivity index is 1.66. The third-order valence-corrected chi connectivity index (χ3v) is 4.44. The number of ether oxygens (including phenoxy) is 1. The topological polar surface area (TPSA) is 67.3 Å². The normalized spacial score (nSPS) is 19.8. The number of halogens is 1. The molecule has 1 fully saturated rings. The highest BCUT2D eigenvalue weighted by atomic mass is 19.1. The van der Waals surface area contributed by atoms with Crippen LogP contribution in [0, 0.1) is 17.7 Å². The second kappa shape index (κ2) is 8.02. The number of benzene rings is 1. The predicted molar refractivity (Wildman–Crippen MR) is 91.3 cm³/mol. The molecule has 6 nitrogen and oxygen atoms in total. The van der Waals surface area contributed by atoms with Crippen LogP contribution in [0.1, 0.15) is 5.56 Å². The number of anilines is 1. The Morgan fingerprint density at radius 3 is 2.92 bits per heavy atom. The van der Waals surface area contributed by atoms with E-state index in [0.717, 1.165) is 5.82 Å². The first-order valence-electron chi connectivity index (χ1n) is 8.20. The number of hydrogen-bond donors (Lipinski definition) is 1. The van der Waals surface area contributed by atoms with E-state index in [1.807, 2.05) is 4.90 Å². The molecule has 1 saturated heterocycles. The van der Waals surface area contributed by atoms with E-state index in [9.17, 15) is 9.18 Å². The molecule has 1 aromatic carbocycles. The minimum atomic E-state index is -0.316. The van der Waals surface area contributed by atoms with Gasteiger partial charge < -0.3 is 15.0 Å². The van der Waals surface area contributed by atoms with Gasteiger partial charge in [-0.3, -0.25) is 9.78 Å². The highest BCUT2D eigenvalue weighted by Crippen LogP contribution is 2.27. The largest absolute Gasteiger partial charge is 0.384 e. The third-order valence-electron chi connectivity index (χ3n) is 4.44. The van der Waals surface area contributed by atoms with E-state index in [0.29, 0.717) is 25.3 Å². The average Bonchev–Trinajstić information content (AvgIpc) is 3.06. The molecule has 1 amide bonds. The first-order chi connectivity index (χ1) is 12.2. The van der Waals surface area contributed by atoms with Crippen molar-refractivity contribution >= 4 is 11.7 Å². The number of rotatable bonds is 6. The van der Waals surface area contributed by atoms with Crippen LogP contribution < -0.4 is 10.2 Å². The van der Waals surface area contributed by atoms with Gasteiger partial charge in [0.2, 0.25) is 5.91 Å². The van der Waals surface area contributed by atoms with Gasteiger partial charge in [0.05, 0.1) is 18.7 Å². The van der Waals surface area contributed by atoms with Crippen molar-refractivity contribution < 1.29 is 13.9 Å². The fourth-order valence-electron chi connectivity index (χ4n) is 3.15. The lowest BCUT2D eigenvalue weighted by atomic mass is 9.96. The molecule has 1 N–H and O–H groups in total. The molecule has 132 valence electrons. The van der Waals surface area contributed by atoms with Gasteiger partial charge in [0, 0.05) is 50.6 Å². The molecule has 25 heavy (non-hydrogen) atoms. The zero-order valence-corrected chi connectivity index (χ0v) is 14.1. The van der Waals surface area contributed by atoms with Gasteiger partial charge in [0.1, 0.15) is 11.6 Å². The van der Waals surface area contributed by atoms with Crippen LogP contribution >= 0.6 is 0 Å². The van der Waals surface area contributed by atoms with Crippen LogP contribution in [0.5, 0.6) is 0 Å². The molecule has 1 aliphatic rings. The van der Waals surface area contributed by atoms with E-state index in [1.54, 1.807) is 43.9 Å². The number of hydrogen-bond acceptors (Lipinski definition) is 5. The standard InChI is InChI=1S/C18H21FN4O2/c1-25-12-14-10-23(17-9-20-6-7-21-17)11-15(14)18(24)22-8-13-4-2-3-5-16(13)19/h2-7,9,14-15H,8,10-12H2,1H3,(H,22,24)/t14-,15+/m0/s1. The molecule has 2 atom stereocenters. The van der Waals surface area contributed by atoms with Gasteiger partial charge in [-0.05, 0) is 6.07 Å². The summed E-state index contributed by atoms with van der Waals surface area (Å²) in [5, 5.41) is 2.84. The Labute approximate surface area is 146 Å². The Bertz CT molecular complexity index is 713. The van der Waals surface area contributed by atoms with Crippen LogP contribution in [0.2, 0.25) is 0 Å². The summed E-state index contributed by atoms with van der Waals surface area (Å²) < 4.78 is 19.0. The molecule has 2 heterocycles. The summed E-state index contributed by atoms with van der Waals surface area (Å²) >= 11 is 0. The van der Waals surface area contributed by atoms with E-state index in [4.69, 9.17) is 4.74 Å². The molecular weight excluding hydrogens is 323 g/mol. The molecule has 1 aromatic heterocycles. The van der Waals surface area contributed by atoms with E-state index in [2.05, 4.69) is 15.3 Å². The lowest BCUT2D eigenvalue weighted by Gasteiger charge is -2.17. The summed E-state index contributed by atoms with van der Waals surface area (Å²) in [6, 6.07) is 6.44. The van der Waals surface area contributed by atoms with E-state index < -0.39 is 0 Å². The van der Waals surface area contributed by atoms with Gasteiger partial charge in [0.25, 0.3) is 0 Å². The molecule has 2 aromatic rings. The molecule has 0 aliphatic carbocycles. The van der Waals surface area contributed by atoms with E-state index >= 15 is 0 Å². The SMILES string of the molecule is COC[C@@H]1CN(c2cnccn2)C[C@H]1C(=O)NCc1ccccc1F. The first kappa shape index (κ1) is 17.3. The van der Waals surface area contributed by atoms with E-state index in [-0.39, 0.29) is 30.1 Å². The summed E-state index contributed by atoms with van der Waals surface area (Å²) in [6.45, 7) is 1.86. The van der Waals surface area contributed by atoms with Crippen molar-refractivity contribution in [2.75, 3.05) is 31.7 Å². The Hall–Kier alpha value is -2.54. The van der Waals surface area contributed by atoms with Crippen LogP contribution in [0.4, 0.5) is 10.2 Å². The fourth-order valence-corrected chi connectivity index (χ4v) is 3.15.